The van der Waals surface area contributed by atoms with Gasteiger partial charge in [0.1, 0.15) is 12.2 Å². The molecule has 0 unspecified atom stereocenters. The normalized spacial score (nSPS) is 10.3. The van der Waals surface area contributed by atoms with Crippen molar-refractivity contribution in [2.45, 2.75) is 6.42 Å². The van der Waals surface area contributed by atoms with E-state index in [-0.39, 0.29) is 5.69 Å². The molecule has 0 radical (unpaired) electrons. The number of rotatable bonds is 6. The van der Waals surface area contributed by atoms with Crippen LogP contribution in [0.25, 0.3) is 0 Å². The number of para-hydroxylation sites is 1. The van der Waals surface area contributed by atoms with Crippen LogP contribution in [0, 0.1) is 0 Å². The fourth-order valence-corrected chi connectivity index (χ4v) is 2.60. The fraction of sp³-hybridized carbons (Fsp3) is 0.214. The topological polar surface area (TPSA) is 96.5 Å². The molecule has 0 aliphatic carbocycles. The first kappa shape index (κ1) is 15.1. The molecule has 1 aromatic carbocycles. The van der Waals surface area contributed by atoms with E-state index in [9.17, 15) is 9.59 Å². The number of hydrogen-bond acceptors (Lipinski definition) is 5. The van der Waals surface area contributed by atoms with E-state index >= 15 is 0 Å². The Morgan fingerprint density at radius 1 is 1.29 bits per heavy atom. The van der Waals surface area contributed by atoms with Gasteiger partial charge in [-0.25, -0.2) is 4.98 Å². The van der Waals surface area contributed by atoms with E-state index in [1.807, 2.05) is 0 Å². The third kappa shape index (κ3) is 3.87. The second-order valence-electron chi connectivity index (χ2n) is 4.29. The summed E-state index contributed by atoms with van der Waals surface area (Å²) in [6.45, 7) is 0.0469. The first-order chi connectivity index (χ1) is 10.1. The van der Waals surface area contributed by atoms with E-state index < -0.39 is 18.4 Å². The largest absolute Gasteiger partial charge is 0.480 e. The Kier molecular flexibility index (Phi) is 5.02. The summed E-state index contributed by atoms with van der Waals surface area (Å²) in [5.74, 6) is -1.51. The number of carboxylic acid groups (broad SMARTS) is 1. The van der Waals surface area contributed by atoms with Gasteiger partial charge in [-0.1, -0.05) is 18.2 Å². The van der Waals surface area contributed by atoms with Crippen molar-refractivity contribution in [3.63, 3.8) is 0 Å². The van der Waals surface area contributed by atoms with Crippen molar-refractivity contribution in [1.82, 2.24) is 4.98 Å². The van der Waals surface area contributed by atoms with Gasteiger partial charge < -0.3 is 10.8 Å². The van der Waals surface area contributed by atoms with E-state index in [4.69, 9.17) is 10.8 Å². The van der Waals surface area contributed by atoms with Gasteiger partial charge in [-0.15, -0.1) is 11.3 Å². The summed E-state index contributed by atoms with van der Waals surface area (Å²) >= 11 is 1.35. The molecule has 0 saturated heterocycles. The molecular formula is C14H15N3O3S. The smallest absolute Gasteiger partial charge is 0.323 e. The number of benzene rings is 1. The molecule has 1 amide bonds. The summed E-state index contributed by atoms with van der Waals surface area (Å²) in [6.07, 6.45) is 0.599. The van der Waals surface area contributed by atoms with Gasteiger partial charge in [-0.05, 0) is 18.7 Å². The minimum Gasteiger partial charge on any atom is -0.480 e. The van der Waals surface area contributed by atoms with Gasteiger partial charge in [0, 0.05) is 17.5 Å². The van der Waals surface area contributed by atoms with Crippen molar-refractivity contribution in [2.24, 2.45) is 5.73 Å². The Bertz CT molecular complexity index is 627. The van der Waals surface area contributed by atoms with Crippen LogP contribution in [0.3, 0.4) is 0 Å². The van der Waals surface area contributed by atoms with Crippen LogP contribution in [-0.4, -0.2) is 35.1 Å². The molecule has 0 atom stereocenters. The van der Waals surface area contributed by atoms with E-state index in [1.165, 1.54) is 16.2 Å². The molecule has 7 heteroatoms. The number of anilines is 1. The quantitative estimate of drug-likeness (QED) is 0.840. The molecule has 0 fully saturated rings. The van der Waals surface area contributed by atoms with Crippen molar-refractivity contribution >= 4 is 28.9 Å². The predicted molar refractivity (Wildman–Crippen MR) is 80.6 cm³/mol. The summed E-state index contributed by atoms with van der Waals surface area (Å²) in [6, 6.07) is 8.67. The molecule has 2 aromatic rings. The van der Waals surface area contributed by atoms with Crippen molar-refractivity contribution in [2.75, 3.05) is 18.0 Å². The lowest BCUT2D eigenvalue weighted by molar-refractivity contribution is -0.135. The van der Waals surface area contributed by atoms with Crippen LogP contribution in [0.2, 0.25) is 0 Å². The average molecular weight is 305 g/mol. The number of nitrogens with two attached hydrogens (primary N) is 1. The highest BCUT2D eigenvalue weighted by Crippen LogP contribution is 2.18. The highest BCUT2D eigenvalue weighted by Gasteiger charge is 2.22. The minimum atomic E-state index is -1.08. The highest BCUT2D eigenvalue weighted by molar-refractivity contribution is 7.09. The maximum atomic E-state index is 12.5. The van der Waals surface area contributed by atoms with Gasteiger partial charge in [0.05, 0.1) is 5.01 Å². The maximum Gasteiger partial charge on any atom is 0.323 e. The summed E-state index contributed by atoms with van der Waals surface area (Å²) in [5, 5.41) is 11.4. The van der Waals surface area contributed by atoms with Crippen molar-refractivity contribution < 1.29 is 14.7 Å². The molecule has 0 saturated carbocycles. The zero-order chi connectivity index (χ0) is 15.2. The number of carboxylic acids is 1. The zero-order valence-electron chi connectivity index (χ0n) is 11.2. The Labute approximate surface area is 125 Å². The number of hydrogen-bond donors (Lipinski definition) is 2. The van der Waals surface area contributed by atoms with Crippen LogP contribution in [0.5, 0.6) is 0 Å². The SMILES string of the molecule is NCCc1nc(C(=O)N(CC(=O)O)c2ccccc2)cs1. The molecule has 3 N–H and O–H groups in total. The van der Waals surface area contributed by atoms with Crippen molar-refractivity contribution in [3.8, 4) is 0 Å². The van der Waals surface area contributed by atoms with Crippen molar-refractivity contribution in [1.29, 1.82) is 0 Å². The number of thiazole rings is 1. The fourth-order valence-electron chi connectivity index (χ4n) is 1.81. The maximum absolute atomic E-state index is 12.5. The zero-order valence-corrected chi connectivity index (χ0v) is 12.0. The summed E-state index contributed by atoms with van der Waals surface area (Å²) < 4.78 is 0. The standard InChI is InChI=1S/C14H15N3O3S/c15-7-6-12-16-11(9-21-12)14(20)17(8-13(18)19)10-4-2-1-3-5-10/h1-5,9H,6-8,15H2,(H,18,19). The highest BCUT2D eigenvalue weighted by atomic mass is 32.1. The van der Waals surface area contributed by atoms with Gasteiger partial charge in [-0.2, -0.15) is 0 Å². The Morgan fingerprint density at radius 3 is 2.62 bits per heavy atom. The molecule has 6 nitrogen and oxygen atoms in total. The lowest BCUT2D eigenvalue weighted by Gasteiger charge is -2.19. The first-order valence-corrected chi connectivity index (χ1v) is 7.23. The van der Waals surface area contributed by atoms with E-state index in [2.05, 4.69) is 4.98 Å². The van der Waals surface area contributed by atoms with Gasteiger partial charge in [0.2, 0.25) is 0 Å². The van der Waals surface area contributed by atoms with Crippen LogP contribution in [-0.2, 0) is 11.2 Å². The number of nitrogens with zero attached hydrogens (tertiary/aromatic N) is 2. The van der Waals surface area contributed by atoms with Crippen LogP contribution in [0.15, 0.2) is 35.7 Å². The van der Waals surface area contributed by atoms with E-state index in [0.717, 1.165) is 5.01 Å². The van der Waals surface area contributed by atoms with Crippen LogP contribution >= 0.6 is 11.3 Å². The average Bonchev–Trinajstić information content (AvgIpc) is 2.94. The van der Waals surface area contributed by atoms with Crippen LogP contribution < -0.4 is 10.6 Å². The summed E-state index contributed by atoms with van der Waals surface area (Å²) in [7, 11) is 0. The molecule has 2 rings (SSSR count). The molecule has 0 bridgehead atoms. The van der Waals surface area contributed by atoms with Gasteiger partial charge in [-0.3, -0.25) is 14.5 Å². The van der Waals surface area contributed by atoms with Crippen LogP contribution in [0.4, 0.5) is 5.69 Å². The molecule has 110 valence electrons. The second-order valence-corrected chi connectivity index (χ2v) is 5.23. The first-order valence-electron chi connectivity index (χ1n) is 6.35. The van der Waals surface area contributed by atoms with Crippen LogP contribution in [0.1, 0.15) is 15.5 Å². The number of carbonyl (C=O) groups is 2. The van der Waals surface area contributed by atoms with Crippen molar-refractivity contribution in [3.05, 3.63) is 46.4 Å². The number of amides is 1. The van der Waals surface area contributed by atoms with Gasteiger partial charge in [0.25, 0.3) is 5.91 Å². The lowest BCUT2D eigenvalue weighted by atomic mass is 10.2. The summed E-state index contributed by atoms with van der Waals surface area (Å²) in [5.41, 5.74) is 6.23. The molecule has 0 aliphatic heterocycles. The van der Waals surface area contributed by atoms with E-state index in [1.54, 1.807) is 35.7 Å². The van der Waals surface area contributed by atoms with Gasteiger partial charge >= 0.3 is 5.97 Å². The third-order valence-corrected chi connectivity index (χ3v) is 3.64. The lowest BCUT2D eigenvalue weighted by Crippen LogP contribution is -2.35. The third-order valence-electron chi connectivity index (χ3n) is 2.74. The Morgan fingerprint density at radius 2 is 2.00 bits per heavy atom. The number of aromatic nitrogens is 1. The second kappa shape index (κ2) is 6.96. The van der Waals surface area contributed by atoms with E-state index in [0.29, 0.717) is 18.7 Å². The summed E-state index contributed by atoms with van der Waals surface area (Å²) in [4.78, 5) is 28.9. The Balaban J connectivity index is 2.27. The number of aliphatic carboxylic acids is 1. The molecule has 21 heavy (non-hydrogen) atoms. The Hall–Kier alpha value is -2.25. The molecular weight excluding hydrogens is 290 g/mol. The minimum absolute atomic E-state index is 0.244. The number of carbonyl (C=O) groups excluding carboxylic acids is 1. The molecule has 1 heterocycles. The molecule has 1 aromatic heterocycles. The molecule has 0 spiro atoms. The van der Waals surface area contributed by atoms with Gasteiger partial charge in [0.15, 0.2) is 0 Å². The monoisotopic (exact) mass is 305 g/mol. The molecule has 0 aliphatic rings. The predicted octanol–water partition coefficient (Wildman–Crippen LogP) is 1.38.